The van der Waals surface area contributed by atoms with Crippen LogP contribution in [0.25, 0.3) is 0 Å². The van der Waals surface area contributed by atoms with Crippen LogP contribution in [0.2, 0.25) is 0 Å². The zero-order chi connectivity index (χ0) is 10.7. The number of aromatic nitrogens is 1. The number of carbonyl (C=O) groups excluding carboxylic acids is 1. The highest BCUT2D eigenvalue weighted by Crippen LogP contribution is 2.19. The van der Waals surface area contributed by atoms with Crippen molar-refractivity contribution in [1.29, 1.82) is 5.26 Å². The number of hydrogen-bond acceptors (Lipinski definition) is 4. The second-order valence-electron chi connectivity index (χ2n) is 2.67. The fourth-order valence-electron chi connectivity index (χ4n) is 1.09. The number of carbonyl (C=O) groups is 1. The largest absolute Gasteiger partial charge is 0.480 e. The van der Waals surface area contributed by atoms with Gasteiger partial charge < -0.3 is 10.5 Å². The van der Waals surface area contributed by atoms with E-state index in [-0.39, 0.29) is 17.0 Å². The van der Waals surface area contributed by atoms with Gasteiger partial charge in [0.25, 0.3) is 0 Å². The number of hydrogen-bond donors (Lipinski definition) is 1. The Morgan fingerprint density at radius 1 is 1.71 bits per heavy atom. The van der Waals surface area contributed by atoms with Crippen LogP contribution in [0.4, 0.5) is 0 Å². The average Bonchev–Trinajstić information content (AvgIpc) is 2.16. The van der Waals surface area contributed by atoms with Crippen LogP contribution in [0.15, 0.2) is 6.07 Å². The van der Waals surface area contributed by atoms with Gasteiger partial charge in [0.1, 0.15) is 11.6 Å². The van der Waals surface area contributed by atoms with E-state index in [9.17, 15) is 4.79 Å². The lowest BCUT2D eigenvalue weighted by molar-refractivity contribution is 0.0999. The molecule has 1 rings (SSSR count). The third-order valence-corrected chi connectivity index (χ3v) is 1.68. The molecule has 1 heterocycles. The minimum Gasteiger partial charge on any atom is -0.480 e. The maximum Gasteiger partial charge on any atom is 0.250 e. The predicted octanol–water partition coefficient (Wildman–Crippen LogP) is 0.369. The summed E-state index contributed by atoms with van der Waals surface area (Å²) in [5.74, 6) is -0.536. The van der Waals surface area contributed by atoms with Crippen molar-refractivity contribution in [1.82, 2.24) is 4.98 Å². The van der Waals surface area contributed by atoms with Crippen molar-refractivity contribution < 1.29 is 9.53 Å². The van der Waals surface area contributed by atoms with Crippen molar-refractivity contribution in [2.75, 3.05) is 7.11 Å². The van der Waals surface area contributed by atoms with Gasteiger partial charge in [0.05, 0.1) is 12.7 Å². The molecule has 0 atom stereocenters. The fourth-order valence-corrected chi connectivity index (χ4v) is 1.09. The van der Waals surface area contributed by atoms with E-state index in [1.807, 2.05) is 6.07 Å². The summed E-state index contributed by atoms with van der Waals surface area (Å²) in [6, 6.07) is 3.30. The molecule has 2 N–H and O–H groups in total. The Hall–Kier alpha value is -2.09. The Morgan fingerprint density at radius 3 is 2.79 bits per heavy atom. The van der Waals surface area contributed by atoms with Crippen LogP contribution in [0.3, 0.4) is 0 Å². The molecule has 0 spiro atoms. The molecule has 14 heavy (non-hydrogen) atoms. The Morgan fingerprint density at radius 2 is 2.36 bits per heavy atom. The zero-order valence-electron chi connectivity index (χ0n) is 7.87. The Kier molecular flexibility index (Phi) is 2.67. The molecule has 0 aliphatic heterocycles. The van der Waals surface area contributed by atoms with Crippen molar-refractivity contribution >= 4 is 5.91 Å². The van der Waals surface area contributed by atoms with Crippen LogP contribution >= 0.6 is 0 Å². The molecule has 0 aliphatic rings. The summed E-state index contributed by atoms with van der Waals surface area (Å²) in [4.78, 5) is 14.9. The normalized spacial score (nSPS) is 9.21. The van der Waals surface area contributed by atoms with Gasteiger partial charge in [-0.3, -0.25) is 4.79 Å². The third kappa shape index (κ3) is 1.64. The summed E-state index contributed by atoms with van der Waals surface area (Å²) >= 11 is 0. The van der Waals surface area contributed by atoms with Crippen LogP contribution in [0.1, 0.15) is 21.6 Å². The van der Waals surface area contributed by atoms with Crippen molar-refractivity contribution in [3.05, 3.63) is 22.9 Å². The minimum absolute atomic E-state index is 0.0746. The van der Waals surface area contributed by atoms with E-state index < -0.39 is 5.91 Å². The molecule has 5 nitrogen and oxygen atoms in total. The number of methoxy groups -OCH3 is 1. The SMILES string of the molecule is COc1nc(C)cc(C(N)=O)c1C#N. The molecule has 1 aromatic rings. The molecular formula is C9H9N3O2. The quantitative estimate of drug-likeness (QED) is 0.731. The number of nitrogens with zero attached hydrogens (tertiary/aromatic N) is 2. The molecule has 0 bridgehead atoms. The first-order valence-electron chi connectivity index (χ1n) is 3.85. The Labute approximate surface area is 81.1 Å². The van der Waals surface area contributed by atoms with Gasteiger partial charge in [-0.15, -0.1) is 0 Å². The molecule has 0 fully saturated rings. The molecule has 0 aliphatic carbocycles. The van der Waals surface area contributed by atoms with Gasteiger partial charge in [-0.2, -0.15) is 5.26 Å². The summed E-state index contributed by atoms with van der Waals surface area (Å²) in [6.07, 6.45) is 0. The van der Waals surface area contributed by atoms with Gasteiger partial charge in [-0.25, -0.2) is 4.98 Å². The predicted molar refractivity (Wildman–Crippen MR) is 48.8 cm³/mol. The second-order valence-corrected chi connectivity index (χ2v) is 2.67. The van der Waals surface area contributed by atoms with Crippen LogP contribution in [-0.4, -0.2) is 18.0 Å². The standard InChI is InChI=1S/C9H9N3O2/c1-5-3-6(8(11)13)7(4-10)9(12-5)14-2/h3H,1-2H3,(H2,11,13). The first-order valence-corrected chi connectivity index (χ1v) is 3.85. The Balaban J connectivity index is 3.49. The average molecular weight is 191 g/mol. The minimum atomic E-state index is -0.662. The van der Waals surface area contributed by atoms with E-state index in [1.165, 1.54) is 13.2 Å². The highest BCUT2D eigenvalue weighted by Gasteiger charge is 2.15. The van der Waals surface area contributed by atoms with Crippen LogP contribution < -0.4 is 10.5 Å². The molecule has 0 unspecified atom stereocenters. The first kappa shape index (κ1) is 9.99. The summed E-state index contributed by atoms with van der Waals surface area (Å²) < 4.78 is 4.87. The van der Waals surface area contributed by atoms with Crippen molar-refractivity contribution in [2.45, 2.75) is 6.92 Å². The maximum absolute atomic E-state index is 11.0. The van der Waals surface area contributed by atoms with E-state index in [2.05, 4.69) is 4.98 Å². The molecule has 0 saturated heterocycles. The summed E-state index contributed by atoms with van der Waals surface area (Å²) in [7, 11) is 1.38. The van der Waals surface area contributed by atoms with E-state index in [0.717, 1.165) is 0 Å². The fraction of sp³-hybridized carbons (Fsp3) is 0.222. The molecule has 0 saturated carbocycles. The number of aryl methyl sites for hydroxylation is 1. The molecule has 0 radical (unpaired) electrons. The molecule has 72 valence electrons. The van der Waals surface area contributed by atoms with Gasteiger partial charge >= 0.3 is 0 Å². The van der Waals surface area contributed by atoms with Crippen molar-refractivity contribution in [2.24, 2.45) is 5.73 Å². The van der Waals surface area contributed by atoms with Gasteiger partial charge in [0, 0.05) is 5.69 Å². The van der Waals surface area contributed by atoms with Gasteiger partial charge in [0.2, 0.25) is 11.8 Å². The topological polar surface area (TPSA) is 89.0 Å². The van der Waals surface area contributed by atoms with E-state index in [4.69, 9.17) is 15.7 Å². The lowest BCUT2D eigenvalue weighted by Crippen LogP contribution is -2.14. The molecule has 1 amide bonds. The smallest absolute Gasteiger partial charge is 0.250 e. The molecule has 0 aromatic carbocycles. The molecule has 5 heteroatoms. The number of rotatable bonds is 2. The number of amides is 1. The van der Waals surface area contributed by atoms with E-state index in [0.29, 0.717) is 5.69 Å². The summed E-state index contributed by atoms with van der Waals surface area (Å²) in [6.45, 7) is 1.69. The lowest BCUT2D eigenvalue weighted by atomic mass is 10.1. The summed E-state index contributed by atoms with van der Waals surface area (Å²) in [5, 5.41) is 8.79. The van der Waals surface area contributed by atoms with Crippen LogP contribution in [-0.2, 0) is 0 Å². The van der Waals surface area contributed by atoms with Crippen LogP contribution in [0, 0.1) is 18.3 Å². The number of nitriles is 1. The molecule has 1 aromatic heterocycles. The summed E-state index contributed by atoms with van der Waals surface area (Å²) in [5.41, 5.74) is 5.90. The zero-order valence-corrected chi connectivity index (χ0v) is 7.87. The number of ether oxygens (including phenoxy) is 1. The van der Waals surface area contributed by atoms with Crippen LogP contribution in [0.5, 0.6) is 5.88 Å². The van der Waals surface area contributed by atoms with E-state index in [1.54, 1.807) is 6.92 Å². The second kappa shape index (κ2) is 3.75. The van der Waals surface area contributed by atoms with Crippen molar-refractivity contribution in [3.8, 4) is 11.9 Å². The maximum atomic E-state index is 11.0. The Bertz CT molecular complexity index is 421. The highest BCUT2D eigenvalue weighted by molar-refractivity contribution is 5.96. The highest BCUT2D eigenvalue weighted by atomic mass is 16.5. The monoisotopic (exact) mass is 191 g/mol. The number of primary amides is 1. The van der Waals surface area contributed by atoms with E-state index >= 15 is 0 Å². The van der Waals surface area contributed by atoms with Gasteiger partial charge in [0.15, 0.2) is 0 Å². The first-order chi connectivity index (χ1) is 6.60. The number of nitrogens with two attached hydrogens (primary N) is 1. The molecular weight excluding hydrogens is 182 g/mol. The third-order valence-electron chi connectivity index (χ3n) is 1.68. The number of pyridine rings is 1. The lowest BCUT2D eigenvalue weighted by Gasteiger charge is -2.05. The van der Waals surface area contributed by atoms with Gasteiger partial charge in [-0.05, 0) is 13.0 Å². The van der Waals surface area contributed by atoms with Gasteiger partial charge in [-0.1, -0.05) is 0 Å². The van der Waals surface area contributed by atoms with Crippen molar-refractivity contribution in [3.63, 3.8) is 0 Å².